The summed E-state index contributed by atoms with van der Waals surface area (Å²) in [5, 5.41) is 14.2. The third-order valence-corrected chi connectivity index (χ3v) is 6.28. The number of likely N-dealkylation sites (tertiary alicyclic amines) is 2. The molecule has 28 heavy (non-hydrogen) atoms. The first kappa shape index (κ1) is 18.7. The molecule has 1 unspecified atom stereocenters. The number of carbonyl (C=O) groups is 2. The highest BCUT2D eigenvalue weighted by Gasteiger charge is 2.48. The highest BCUT2D eigenvalue weighted by atomic mass is 16.4. The van der Waals surface area contributed by atoms with E-state index >= 15 is 0 Å². The van der Waals surface area contributed by atoms with Crippen molar-refractivity contribution in [1.29, 1.82) is 0 Å². The molecule has 7 heteroatoms. The summed E-state index contributed by atoms with van der Waals surface area (Å²) in [5.41, 5.74) is 2.02. The Hall–Kier alpha value is -2.67. The van der Waals surface area contributed by atoms with Gasteiger partial charge in [-0.25, -0.2) is 4.68 Å². The first-order valence-corrected chi connectivity index (χ1v) is 9.78. The maximum absolute atomic E-state index is 12.0. The maximum Gasteiger partial charge on any atom is 0.320 e. The molecule has 2 aromatic rings. The van der Waals surface area contributed by atoms with E-state index in [2.05, 4.69) is 10.00 Å². The lowest BCUT2D eigenvalue weighted by molar-refractivity contribution is -0.142. The molecule has 148 valence electrons. The van der Waals surface area contributed by atoms with Crippen LogP contribution in [0.4, 0.5) is 0 Å². The fourth-order valence-corrected chi connectivity index (χ4v) is 4.71. The zero-order valence-electron chi connectivity index (χ0n) is 16.1. The number of aromatic nitrogens is 2. The van der Waals surface area contributed by atoms with Crippen LogP contribution < -0.4 is 0 Å². The molecule has 7 nitrogen and oxygen atoms in total. The van der Waals surface area contributed by atoms with E-state index < -0.39 is 12.0 Å². The molecule has 1 aromatic heterocycles. The van der Waals surface area contributed by atoms with Crippen LogP contribution in [0.15, 0.2) is 42.7 Å². The van der Waals surface area contributed by atoms with Crippen molar-refractivity contribution in [3.05, 3.63) is 48.3 Å². The van der Waals surface area contributed by atoms with Gasteiger partial charge >= 0.3 is 5.97 Å². The second-order valence-corrected chi connectivity index (χ2v) is 8.05. The molecular weight excluding hydrogens is 356 g/mol. The van der Waals surface area contributed by atoms with Crippen molar-refractivity contribution in [2.45, 2.75) is 38.8 Å². The number of amides is 1. The minimum Gasteiger partial charge on any atom is -0.480 e. The van der Waals surface area contributed by atoms with Crippen molar-refractivity contribution < 1.29 is 14.7 Å². The van der Waals surface area contributed by atoms with Crippen LogP contribution >= 0.6 is 0 Å². The molecule has 2 fully saturated rings. The molecule has 0 bridgehead atoms. The van der Waals surface area contributed by atoms with E-state index in [9.17, 15) is 14.7 Å². The van der Waals surface area contributed by atoms with Gasteiger partial charge < -0.3 is 10.0 Å². The van der Waals surface area contributed by atoms with E-state index in [1.54, 1.807) is 13.1 Å². The molecule has 1 amide bonds. The minimum absolute atomic E-state index is 0.0182. The molecule has 1 spiro atoms. The molecule has 0 radical (unpaired) electrons. The average molecular weight is 382 g/mol. The fourth-order valence-electron chi connectivity index (χ4n) is 4.71. The van der Waals surface area contributed by atoms with Crippen molar-refractivity contribution in [3.8, 4) is 5.69 Å². The van der Waals surface area contributed by atoms with Crippen LogP contribution in [0.5, 0.6) is 0 Å². The van der Waals surface area contributed by atoms with Crippen LogP contribution in [0, 0.1) is 5.41 Å². The fraction of sp³-hybridized carbons (Fsp3) is 0.476. The van der Waals surface area contributed by atoms with Gasteiger partial charge in [0.15, 0.2) is 0 Å². The van der Waals surface area contributed by atoms with Gasteiger partial charge in [0.1, 0.15) is 6.04 Å². The summed E-state index contributed by atoms with van der Waals surface area (Å²) in [4.78, 5) is 27.6. The summed E-state index contributed by atoms with van der Waals surface area (Å²) in [6.45, 7) is 4.37. The van der Waals surface area contributed by atoms with Crippen LogP contribution in [-0.4, -0.2) is 62.2 Å². The van der Waals surface area contributed by atoms with E-state index in [-0.39, 0.29) is 11.3 Å². The van der Waals surface area contributed by atoms with Crippen LogP contribution in [0.2, 0.25) is 0 Å². The van der Waals surface area contributed by atoms with Crippen molar-refractivity contribution in [2.24, 2.45) is 5.41 Å². The van der Waals surface area contributed by atoms with Gasteiger partial charge in [-0.2, -0.15) is 5.10 Å². The smallest absolute Gasteiger partial charge is 0.320 e. The Morgan fingerprint density at radius 2 is 1.96 bits per heavy atom. The Morgan fingerprint density at radius 3 is 2.61 bits per heavy atom. The van der Waals surface area contributed by atoms with Crippen LogP contribution in [0.3, 0.4) is 0 Å². The lowest BCUT2D eigenvalue weighted by atomic mass is 9.76. The number of carboxylic acids is 1. The lowest BCUT2D eigenvalue weighted by Crippen LogP contribution is -2.43. The molecule has 0 saturated carbocycles. The van der Waals surface area contributed by atoms with Gasteiger partial charge in [-0.05, 0) is 42.4 Å². The largest absolute Gasteiger partial charge is 0.480 e. The summed E-state index contributed by atoms with van der Waals surface area (Å²) in [6.07, 6.45) is 6.03. The van der Waals surface area contributed by atoms with E-state index in [1.165, 1.54) is 0 Å². The van der Waals surface area contributed by atoms with E-state index in [0.717, 1.165) is 43.7 Å². The molecule has 4 rings (SSSR count). The molecule has 2 aliphatic rings. The van der Waals surface area contributed by atoms with Crippen molar-refractivity contribution in [3.63, 3.8) is 0 Å². The van der Waals surface area contributed by atoms with Gasteiger partial charge in [-0.3, -0.25) is 14.5 Å². The highest BCUT2D eigenvalue weighted by molar-refractivity contribution is 5.74. The SMILES string of the molecule is CC(=O)N1CCC2(CC1)CC(C(=O)O)N(Cc1ccccc1-n1cccn1)C2. The van der Waals surface area contributed by atoms with Crippen LogP contribution in [-0.2, 0) is 16.1 Å². The highest BCUT2D eigenvalue weighted by Crippen LogP contribution is 2.44. The zero-order valence-corrected chi connectivity index (χ0v) is 16.1. The van der Waals surface area contributed by atoms with E-state index in [4.69, 9.17) is 0 Å². The first-order valence-electron chi connectivity index (χ1n) is 9.78. The molecular formula is C21H26N4O3. The van der Waals surface area contributed by atoms with E-state index in [0.29, 0.717) is 13.0 Å². The quantitative estimate of drug-likeness (QED) is 0.877. The zero-order chi connectivity index (χ0) is 19.7. The number of para-hydroxylation sites is 1. The Balaban J connectivity index is 1.55. The number of carboxylic acid groups (broad SMARTS) is 1. The molecule has 3 heterocycles. The summed E-state index contributed by atoms with van der Waals surface area (Å²) >= 11 is 0. The molecule has 1 N–H and O–H groups in total. The number of carbonyl (C=O) groups excluding carboxylic acids is 1. The lowest BCUT2D eigenvalue weighted by Gasteiger charge is -2.39. The Kier molecular flexibility index (Phi) is 4.93. The Labute approximate surface area is 164 Å². The number of hydrogen-bond acceptors (Lipinski definition) is 4. The topological polar surface area (TPSA) is 78.7 Å². The predicted octanol–water partition coefficient (Wildman–Crippen LogP) is 2.16. The van der Waals surface area contributed by atoms with Gasteiger partial charge in [0, 0.05) is 45.5 Å². The molecule has 1 atom stereocenters. The summed E-state index contributed by atoms with van der Waals surface area (Å²) in [6, 6.07) is 9.39. The van der Waals surface area contributed by atoms with Crippen molar-refractivity contribution in [2.75, 3.05) is 19.6 Å². The number of benzene rings is 1. The number of piperidine rings is 1. The van der Waals surface area contributed by atoms with Gasteiger partial charge in [-0.15, -0.1) is 0 Å². The van der Waals surface area contributed by atoms with Gasteiger partial charge in [-0.1, -0.05) is 18.2 Å². The molecule has 1 aromatic carbocycles. The summed E-state index contributed by atoms with van der Waals surface area (Å²) in [7, 11) is 0. The average Bonchev–Trinajstić information content (AvgIpc) is 3.32. The number of aliphatic carboxylic acids is 1. The third kappa shape index (κ3) is 3.54. The van der Waals surface area contributed by atoms with Gasteiger partial charge in [0.2, 0.25) is 5.91 Å². The first-order chi connectivity index (χ1) is 13.5. The molecule has 2 saturated heterocycles. The van der Waals surface area contributed by atoms with E-state index in [1.807, 2.05) is 46.1 Å². The third-order valence-electron chi connectivity index (χ3n) is 6.28. The molecule has 2 aliphatic heterocycles. The van der Waals surface area contributed by atoms with Crippen LogP contribution in [0.1, 0.15) is 31.7 Å². The van der Waals surface area contributed by atoms with Crippen molar-refractivity contribution in [1.82, 2.24) is 19.6 Å². The van der Waals surface area contributed by atoms with Gasteiger partial charge in [0.05, 0.1) is 5.69 Å². The summed E-state index contributed by atoms with van der Waals surface area (Å²) in [5.74, 6) is -0.657. The van der Waals surface area contributed by atoms with Gasteiger partial charge in [0.25, 0.3) is 0 Å². The monoisotopic (exact) mass is 382 g/mol. The van der Waals surface area contributed by atoms with Crippen molar-refractivity contribution >= 4 is 11.9 Å². The Morgan fingerprint density at radius 1 is 1.21 bits per heavy atom. The normalized spacial score (nSPS) is 21.9. The maximum atomic E-state index is 12.0. The second-order valence-electron chi connectivity index (χ2n) is 8.05. The standard InChI is InChI=1S/C21H26N4O3/c1-16(26)23-11-7-21(8-12-23)13-19(20(27)28)24(15-21)14-17-5-2-3-6-18(17)25-10-4-9-22-25/h2-6,9-10,19H,7-8,11-15H2,1H3,(H,27,28). The van der Waals surface area contributed by atoms with Crippen LogP contribution in [0.25, 0.3) is 5.69 Å². The predicted molar refractivity (Wildman–Crippen MR) is 104 cm³/mol. The molecule has 0 aliphatic carbocycles. The number of rotatable bonds is 4. The second kappa shape index (κ2) is 7.39. The summed E-state index contributed by atoms with van der Waals surface area (Å²) < 4.78 is 1.82. The number of nitrogens with zero attached hydrogens (tertiary/aromatic N) is 4. The Bertz CT molecular complexity index is 856. The number of hydrogen-bond donors (Lipinski definition) is 1. The minimum atomic E-state index is -0.762.